The van der Waals surface area contributed by atoms with Crippen LogP contribution in [-0.4, -0.2) is 12.0 Å². The van der Waals surface area contributed by atoms with Gasteiger partial charge in [0.05, 0.1) is 12.0 Å². The zero-order valence-corrected chi connectivity index (χ0v) is 11.4. The number of carbonyl (C=O) groups excluding carboxylic acids is 1. The van der Waals surface area contributed by atoms with Gasteiger partial charge in [0.15, 0.2) is 10.7 Å². The molecule has 3 rings (SSSR count). The first-order valence-electron chi connectivity index (χ1n) is 6.17. The first-order valence-corrected chi connectivity index (χ1v) is 7.39. The van der Waals surface area contributed by atoms with Gasteiger partial charge in [-0.15, -0.1) is 11.8 Å². The summed E-state index contributed by atoms with van der Waals surface area (Å²) in [6, 6.07) is 17.4. The van der Waals surface area contributed by atoms with Crippen LogP contribution < -0.4 is 4.74 Å². The van der Waals surface area contributed by atoms with Crippen LogP contribution in [0.3, 0.4) is 0 Å². The van der Waals surface area contributed by atoms with Crippen molar-refractivity contribution in [3.63, 3.8) is 0 Å². The summed E-state index contributed by atoms with van der Waals surface area (Å²) in [7, 11) is 0. The summed E-state index contributed by atoms with van der Waals surface area (Å²) in [5.41, 5.74) is 1.72. The number of ether oxygens (including phenoxy) is 1. The van der Waals surface area contributed by atoms with Gasteiger partial charge >= 0.3 is 0 Å². The Morgan fingerprint density at radius 1 is 1.05 bits per heavy atom. The molecule has 19 heavy (non-hydrogen) atoms. The van der Waals surface area contributed by atoms with Gasteiger partial charge in [-0.25, -0.2) is 0 Å². The molecule has 0 N–H and O–H groups in total. The van der Waals surface area contributed by atoms with Gasteiger partial charge in [-0.05, 0) is 18.4 Å². The third-order valence-corrected chi connectivity index (χ3v) is 4.52. The molecule has 0 radical (unpaired) electrons. The molecule has 1 atom stereocenters. The fourth-order valence-electron chi connectivity index (χ4n) is 2.39. The molecule has 96 valence electrons. The Kier molecular flexibility index (Phi) is 3.07. The summed E-state index contributed by atoms with van der Waals surface area (Å²) in [4.78, 5) is 11.7. The Morgan fingerprint density at radius 3 is 2.47 bits per heavy atom. The first-order chi connectivity index (χ1) is 9.25. The monoisotopic (exact) mass is 270 g/mol. The number of carbonyl (C=O) groups is 1. The van der Waals surface area contributed by atoms with E-state index < -0.39 is 4.93 Å². The lowest BCUT2D eigenvalue weighted by molar-refractivity contribution is 0.0787. The normalized spacial score (nSPS) is 21.6. The number of thioether (sulfide) groups is 1. The van der Waals surface area contributed by atoms with Crippen LogP contribution in [0.2, 0.25) is 0 Å². The molecule has 2 aromatic carbocycles. The molecule has 1 heterocycles. The van der Waals surface area contributed by atoms with Crippen molar-refractivity contribution in [2.75, 3.05) is 6.26 Å². The van der Waals surface area contributed by atoms with Crippen molar-refractivity contribution < 1.29 is 9.53 Å². The molecule has 0 saturated heterocycles. The Bertz CT molecular complexity index is 609. The SMILES string of the molecule is CSC1(c2ccccc2)CC(=O)c2ccccc2O1. The molecule has 1 aliphatic rings. The maximum absolute atomic E-state index is 12.3. The van der Waals surface area contributed by atoms with Crippen molar-refractivity contribution in [1.82, 2.24) is 0 Å². The van der Waals surface area contributed by atoms with E-state index in [-0.39, 0.29) is 5.78 Å². The van der Waals surface area contributed by atoms with Crippen LogP contribution in [0.4, 0.5) is 0 Å². The second-order valence-corrected chi connectivity index (χ2v) is 5.59. The van der Waals surface area contributed by atoms with Crippen LogP contribution in [0.15, 0.2) is 54.6 Å². The van der Waals surface area contributed by atoms with Gasteiger partial charge in [0.1, 0.15) is 5.75 Å². The fraction of sp³-hybridized carbons (Fsp3) is 0.188. The van der Waals surface area contributed by atoms with Gasteiger partial charge in [0, 0.05) is 5.56 Å². The van der Waals surface area contributed by atoms with Crippen molar-refractivity contribution in [2.45, 2.75) is 11.4 Å². The molecule has 1 unspecified atom stereocenters. The summed E-state index contributed by atoms with van der Waals surface area (Å²) in [6.45, 7) is 0. The van der Waals surface area contributed by atoms with Gasteiger partial charge in [-0.2, -0.15) is 0 Å². The predicted molar refractivity (Wildman–Crippen MR) is 77.7 cm³/mol. The number of hydrogen-bond donors (Lipinski definition) is 0. The summed E-state index contributed by atoms with van der Waals surface area (Å²) in [6.07, 6.45) is 2.35. The molecule has 0 fully saturated rings. The van der Waals surface area contributed by atoms with Crippen LogP contribution in [-0.2, 0) is 4.93 Å². The van der Waals surface area contributed by atoms with Crippen LogP contribution in [0.5, 0.6) is 5.75 Å². The van der Waals surface area contributed by atoms with E-state index in [1.165, 1.54) is 0 Å². The highest BCUT2D eigenvalue weighted by Gasteiger charge is 2.41. The third-order valence-electron chi connectivity index (χ3n) is 3.40. The van der Waals surface area contributed by atoms with Crippen LogP contribution in [0, 0.1) is 0 Å². The van der Waals surface area contributed by atoms with Crippen molar-refractivity contribution in [1.29, 1.82) is 0 Å². The topological polar surface area (TPSA) is 26.3 Å². The number of fused-ring (bicyclic) bond motifs is 1. The largest absolute Gasteiger partial charge is 0.471 e. The molecule has 2 nitrogen and oxygen atoms in total. The third kappa shape index (κ3) is 2.04. The van der Waals surface area contributed by atoms with Crippen LogP contribution >= 0.6 is 11.8 Å². The highest BCUT2D eigenvalue weighted by molar-refractivity contribution is 7.99. The number of Topliss-reactive ketones (excluding diaryl/α,β-unsaturated/α-hetero) is 1. The molecule has 0 bridgehead atoms. The maximum atomic E-state index is 12.3. The summed E-state index contributed by atoms with van der Waals surface area (Å²) < 4.78 is 6.17. The fourth-order valence-corrected chi connectivity index (χ4v) is 3.21. The minimum Gasteiger partial charge on any atom is -0.471 e. The number of hydrogen-bond acceptors (Lipinski definition) is 3. The summed E-state index contributed by atoms with van der Waals surface area (Å²) in [5.74, 6) is 0.817. The van der Waals surface area contributed by atoms with Gasteiger partial charge in [0.25, 0.3) is 0 Å². The van der Waals surface area contributed by atoms with E-state index in [2.05, 4.69) is 0 Å². The quantitative estimate of drug-likeness (QED) is 0.828. The lowest BCUT2D eigenvalue weighted by Gasteiger charge is -2.36. The minimum atomic E-state index is -0.604. The van der Waals surface area contributed by atoms with Crippen molar-refractivity contribution in [2.24, 2.45) is 0 Å². The molecule has 0 aliphatic carbocycles. The number of rotatable bonds is 2. The van der Waals surface area contributed by atoms with Gasteiger partial charge in [0.2, 0.25) is 0 Å². The lowest BCUT2D eigenvalue weighted by atomic mass is 9.96. The van der Waals surface area contributed by atoms with Gasteiger partial charge in [-0.3, -0.25) is 4.79 Å². The smallest absolute Gasteiger partial charge is 0.187 e. The summed E-state index contributed by atoms with van der Waals surface area (Å²) >= 11 is 1.57. The van der Waals surface area contributed by atoms with Crippen molar-refractivity contribution >= 4 is 17.5 Å². The second kappa shape index (κ2) is 4.74. The molecule has 3 heteroatoms. The average molecular weight is 270 g/mol. The molecule has 0 aromatic heterocycles. The zero-order valence-electron chi connectivity index (χ0n) is 10.6. The van der Waals surface area contributed by atoms with Gasteiger partial charge < -0.3 is 4.74 Å². The lowest BCUT2D eigenvalue weighted by Crippen LogP contribution is -2.36. The van der Waals surface area contributed by atoms with E-state index in [4.69, 9.17) is 4.74 Å². The number of para-hydroxylation sites is 1. The van der Waals surface area contributed by atoms with E-state index in [1.54, 1.807) is 11.8 Å². The van der Waals surface area contributed by atoms with Crippen LogP contribution in [0.25, 0.3) is 0 Å². The molecule has 0 saturated carbocycles. The molecular weight excluding hydrogens is 256 g/mol. The molecule has 1 aliphatic heterocycles. The standard InChI is InChI=1S/C16H14O2S/c1-19-16(12-7-3-2-4-8-12)11-14(17)13-9-5-6-10-15(13)18-16/h2-10H,11H2,1H3. The first kappa shape index (κ1) is 12.3. The van der Waals surface area contributed by atoms with E-state index in [0.717, 1.165) is 5.56 Å². The highest BCUT2D eigenvalue weighted by Crippen LogP contribution is 2.45. The van der Waals surface area contributed by atoms with Crippen molar-refractivity contribution in [3.05, 3.63) is 65.7 Å². The minimum absolute atomic E-state index is 0.139. The number of benzene rings is 2. The van der Waals surface area contributed by atoms with E-state index in [0.29, 0.717) is 17.7 Å². The number of ketones is 1. The van der Waals surface area contributed by atoms with Crippen LogP contribution in [0.1, 0.15) is 22.3 Å². The Balaban J connectivity index is 2.09. The predicted octanol–water partition coefficient (Wildman–Crippen LogP) is 3.87. The average Bonchev–Trinajstić information content (AvgIpc) is 2.48. The molecule has 2 aromatic rings. The zero-order chi connectivity index (χ0) is 13.3. The highest BCUT2D eigenvalue weighted by atomic mass is 32.2. The maximum Gasteiger partial charge on any atom is 0.187 e. The van der Waals surface area contributed by atoms with E-state index in [1.807, 2.05) is 60.9 Å². The molecular formula is C16H14O2S. The Labute approximate surface area is 116 Å². The summed E-state index contributed by atoms with van der Waals surface area (Å²) in [5, 5.41) is 0. The molecule has 0 amide bonds. The van der Waals surface area contributed by atoms with E-state index >= 15 is 0 Å². The Morgan fingerprint density at radius 2 is 1.74 bits per heavy atom. The van der Waals surface area contributed by atoms with Crippen molar-refractivity contribution in [3.8, 4) is 5.75 Å². The van der Waals surface area contributed by atoms with Gasteiger partial charge in [-0.1, -0.05) is 42.5 Å². The second-order valence-electron chi connectivity index (χ2n) is 4.52. The Hall–Kier alpha value is -1.74. The van der Waals surface area contributed by atoms with E-state index in [9.17, 15) is 4.79 Å². The molecule has 0 spiro atoms.